The molecule has 6 nitrogen and oxygen atoms in total. The molecule has 3 aromatic rings. The fraction of sp³-hybridized carbons (Fsp3) is 0.269. The van der Waals surface area contributed by atoms with E-state index in [0.29, 0.717) is 33.1 Å². The topological polar surface area (TPSA) is 77.0 Å². The first-order valence-corrected chi connectivity index (χ1v) is 12.6. The van der Waals surface area contributed by atoms with E-state index in [0.717, 1.165) is 42.4 Å². The first-order chi connectivity index (χ1) is 16.5. The summed E-state index contributed by atoms with van der Waals surface area (Å²) in [5.41, 5.74) is 3.60. The summed E-state index contributed by atoms with van der Waals surface area (Å²) in [6.45, 7) is 1.80. The van der Waals surface area contributed by atoms with Gasteiger partial charge in [0.2, 0.25) is 0 Å². The molecule has 1 N–H and O–H groups in total. The number of nitrogens with one attached hydrogen (secondary N) is 1. The minimum absolute atomic E-state index is 0.0978. The molecule has 0 radical (unpaired) electrons. The monoisotopic (exact) mass is 540 g/mol. The van der Waals surface area contributed by atoms with Crippen LogP contribution in [0.5, 0.6) is 11.5 Å². The number of aryl methyl sites for hydroxylation is 1. The predicted molar refractivity (Wildman–Crippen MR) is 138 cm³/mol. The lowest BCUT2D eigenvalue weighted by atomic mass is 9.95. The molecule has 1 amide bonds. The number of fused-ring (bicyclic) bond motifs is 1. The fourth-order valence-electron chi connectivity index (χ4n) is 3.93. The Bertz CT molecular complexity index is 1240. The molecule has 1 aliphatic carbocycles. The number of hydrogen-bond donors (Lipinski definition) is 1. The molecule has 0 fully saturated rings. The van der Waals surface area contributed by atoms with Crippen LogP contribution in [0.15, 0.2) is 51.9 Å². The Hall–Kier alpha value is -2.97. The number of nitrogens with zero attached hydrogens (tertiary/aromatic N) is 1. The number of benzene rings is 2. The quantitative estimate of drug-likeness (QED) is 0.226. The van der Waals surface area contributed by atoms with Gasteiger partial charge in [-0.15, -0.1) is 11.3 Å². The maximum atomic E-state index is 13.2. The molecule has 176 valence electrons. The lowest BCUT2D eigenvalue weighted by molar-refractivity contribution is -0.132. The van der Waals surface area contributed by atoms with E-state index >= 15 is 0 Å². The van der Waals surface area contributed by atoms with Crippen LogP contribution in [0.25, 0.3) is 0 Å². The maximum absolute atomic E-state index is 13.2. The molecule has 34 heavy (non-hydrogen) atoms. The van der Waals surface area contributed by atoms with Crippen molar-refractivity contribution in [2.75, 3.05) is 7.11 Å². The van der Waals surface area contributed by atoms with Crippen molar-refractivity contribution in [2.45, 2.75) is 39.2 Å². The van der Waals surface area contributed by atoms with E-state index in [1.165, 1.54) is 18.9 Å². The van der Waals surface area contributed by atoms with Gasteiger partial charge in [-0.25, -0.2) is 4.99 Å². The van der Waals surface area contributed by atoms with Crippen LogP contribution in [0.1, 0.15) is 51.7 Å². The summed E-state index contributed by atoms with van der Waals surface area (Å²) in [4.78, 5) is 30.6. The molecule has 0 atom stereocenters. The Morgan fingerprint density at radius 2 is 1.94 bits per heavy atom. The third-order valence-electron chi connectivity index (χ3n) is 5.50. The largest absolute Gasteiger partial charge is 0.493 e. The maximum Gasteiger partial charge on any atom is 0.308 e. The van der Waals surface area contributed by atoms with Crippen molar-refractivity contribution in [3.8, 4) is 11.5 Å². The molecule has 1 aromatic heterocycles. The Balaban J connectivity index is 1.63. The summed E-state index contributed by atoms with van der Waals surface area (Å²) in [6.07, 6.45) is 5.78. The van der Waals surface area contributed by atoms with Gasteiger partial charge in [-0.2, -0.15) is 0 Å². The van der Waals surface area contributed by atoms with Gasteiger partial charge in [0.25, 0.3) is 5.91 Å². The predicted octanol–water partition coefficient (Wildman–Crippen LogP) is 6.00. The van der Waals surface area contributed by atoms with Gasteiger partial charge in [0, 0.05) is 24.6 Å². The van der Waals surface area contributed by atoms with Gasteiger partial charge in [-0.05, 0) is 70.4 Å². The second-order valence-corrected chi connectivity index (χ2v) is 9.88. The molecule has 0 saturated carbocycles. The van der Waals surface area contributed by atoms with Crippen LogP contribution in [-0.2, 0) is 24.2 Å². The Labute approximate surface area is 211 Å². The van der Waals surface area contributed by atoms with Gasteiger partial charge in [0.1, 0.15) is 5.00 Å². The van der Waals surface area contributed by atoms with Crippen LogP contribution in [0.3, 0.4) is 0 Å². The minimum Gasteiger partial charge on any atom is -0.493 e. The van der Waals surface area contributed by atoms with Crippen LogP contribution in [0, 0.1) is 0 Å². The summed E-state index contributed by atoms with van der Waals surface area (Å²) in [5.74, 6) is 0.201. The molecule has 0 unspecified atom stereocenters. The average molecular weight is 541 g/mol. The van der Waals surface area contributed by atoms with E-state index in [-0.39, 0.29) is 5.91 Å². The fourth-order valence-corrected chi connectivity index (χ4v) is 5.70. The van der Waals surface area contributed by atoms with Crippen LogP contribution < -0.4 is 14.8 Å². The zero-order valence-electron chi connectivity index (χ0n) is 19.0. The van der Waals surface area contributed by atoms with Crippen LogP contribution in [0.2, 0.25) is 0 Å². The average Bonchev–Trinajstić information content (AvgIpc) is 3.21. The van der Waals surface area contributed by atoms with Gasteiger partial charge < -0.3 is 14.8 Å². The van der Waals surface area contributed by atoms with Crippen molar-refractivity contribution in [1.29, 1.82) is 0 Å². The summed E-state index contributed by atoms with van der Waals surface area (Å²) < 4.78 is 11.2. The van der Waals surface area contributed by atoms with Gasteiger partial charge in [-0.3, -0.25) is 9.59 Å². The van der Waals surface area contributed by atoms with Crippen molar-refractivity contribution < 1.29 is 19.1 Å². The third kappa shape index (κ3) is 5.56. The number of aliphatic imine (C=N–C) groups is 1. The normalized spacial score (nSPS) is 12.9. The highest BCUT2D eigenvalue weighted by Crippen LogP contribution is 2.40. The molecule has 0 aliphatic heterocycles. The second kappa shape index (κ2) is 11.0. The van der Waals surface area contributed by atoms with E-state index in [9.17, 15) is 9.59 Å². The van der Waals surface area contributed by atoms with E-state index in [1.807, 2.05) is 30.3 Å². The van der Waals surface area contributed by atoms with Crippen molar-refractivity contribution in [3.63, 3.8) is 0 Å². The van der Waals surface area contributed by atoms with Crippen molar-refractivity contribution in [3.05, 3.63) is 74.1 Å². The highest BCUT2D eigenvalue weighted by atomic mass is 79.9. The van der Waals surface area contributed by atoms with Gasteiger partial charge in [0.05, 0.1) is 17.1 Å². The highest BCUT2D eigenvalue weighted by Gasteiger charge is 2.25. The molecule has 1 aliphatic rings. The zero-order chi connectivity index (χ0) is 24.1. The third-order valence-corrected chi connectivity index (χ3v) is 7.29. The summed E-state index contributed by atoms with van der Waals surface area (Å²) in [6, 6.07) is 13.4. The number of ether oxygens (including phenoxy) is 2. The summed E-state index contributed by atoms with van der Waals surface area (Å²) in [7, 11) is 1.51. The lowest BCUT2D eigenvalue weighted by Crippen LogP contribution is -2.24. The Kier molecular flexibility index (Phi) is 7.80. The van der Waals surface area contributed by atoms with Gasteiger partial charge in [0.15, 0.2) is 11.5 Å². The van der Waals surface area contributed by atoms with E-state index < -0.39 is 5.97 Å². The molecule has 1 heterocycles. The van der Waals surface area contributed by atoms with Crippen LogP contribution in [-0.4, -0.2) is 25.2 Å². The van der Waals surface area contributed by atoms with Gasteiger partial charge in [-0.1, -0.05) is 30.3 Å². The van der Waals surface area contributed by atoms with Gasteiger partial charge >= 0.3 is 5.97 Å². The first kappa shape index (κ1) is 24.2. The number of hydrogen-bond acceptors (Lipinski definition) is 6. The molecular formula is C26H25BrN2O4S. The minimum atomic E-state index is -0.434. The summed E-state index contributed by atoms with van der Waals surface area (Å²) in [5, 5.41) is 3.77. The van der Waals surface area contributed by atoms with Crippen molar-refractivity contribution >= 4 is 50.4 Å². The Morgan fingerprint density at radius 3 is 2.68 bits per heavy atom. The first-order valence-electron chi connectivity index (χ1n) is 11.0. The highest BCUT2D eigenvalue weighted by molar-refractivity contribution is 9.10. The molecule has 0 spiro atoms. The van der Waals surface area contributed by atoms with Crippen LogP contribution in [0.4, 0.5) is 5.00 Å². The summed E-state index contributed by atoms with van der Waals surface area (Å²) >= 11 is 5.03. The molecular weight excluding hydrogens is 516 g/mol. The SMILES string of the molecule is COc1cc(C=Nc2sc3c(c2C(=O)NCc2ccccc2)CCCC3)cc(Br)c1OC(C)=O. The van der Waals surface area contributed by atoms with E-state index in [2.05, 4.69) is 21.2 Å². The number of carbonyl (C=O) groups excluding carboxylic acids is 2. The molecule has 2 aromatic carbocycles. The van der Waals surface area contributed by atoms with Crippen LogP contribution >= 0.6 is 27.3 Å². The Morgan fingerprint density at radius 1 is 1.18 bits per heavy atom. The van der Waals surface area contributed by atoms with E-state index in [4.69, 9.17) is 14.5 Å². The lowest BCUT2D eigenvalue weighted by Gasteiger charge is -2.13. The number of methoxy groups -OCH3 is 1. The standard InChI is InChI=1S/C26H25BrN2O4S/c1-16(30)33-24-20(27)12-18(13-21(24)32-2)15-29-26-23(19-10-6-7-11-22(19)34-26)25(31)28-14-17-8-4-3-5-9-17/h3-5,8-9,12-13,15H,6-7,10-11,14H2,1-2H3,(H,28,31). The number of thiophene rings is 1. The van der Waals surface area contributed by atoms with E-state index in [1.54, 1.807) is 29.7 Å². The molecule has 8 heteroatoms. The second-order valence-electron chi connectivity index (χ2n) is 7.95. The zero-order valence-corrected chi connectivity index (χ0v) is 21.4. The molecule has 4 rings (SSSR count). The number of esters is 1. The van der Waals surface area contributed by atoms with Crippen molar-refractivity contribution in [2.24, 2.45) is 4.99 Å². The molecule has 0 bridgehead atoms. The number of rotatable bonds is 7. The number of carbonyl (C=O) groups is 2. The molecule has 0 saturated heterocycles. The van der Waals surface area contributed by atoms with Crippen molar-refractivity contribution in [1.82, 2.24) is 5.32 Å². The number of halogens is 1. The number of amides is 1. The smallest absolute Gasteiger partial charge is 0.308 e.